The van der Waals surface area contributed by atoms with E-state index in [1.807, 2.05) is 39.1 Å². The van der Waals surface area contributed by atoms with Crippen molar-refractivity contribution in [2.45, 2.75) is 52.3 Å². The molecule has 3 aromatic heterocycles. The third kappa shape index (κ3) is 9.65. The number of aryl methyl sites for hydroxylation is 3. The first-order valence-electron chi connectivity index (χ1n) is 11.7. The zero-order valence-electron chi connectivity index (χ0n) is 21.2. The summed E-state index contributed by atoms with van der Waals surface area (Å²) in [6.07, 6.45) is -3.67. The van der Waals surface area contributed by atoms with Gasteiger partial charge in [-0.2, -0.15) is 13.2 Å². The van der Waals surface area contributed by atoms with Crippen molar-refractivity contribution in [1.82, 2.24) is 19.9 Å². The van der Waals surface area contributed by atoms with Gasteiger partial charge in [0, 0.05) is 37.5 Å². The second-order valence-corrected chi connectivity index (χ2v) is 10.7. The lowest BCUT2D eigenvalue weighted by Gasteiger charge is -2.23. The highest BCUT2D eigenvalue weighted by atomic mass is 32.1. The fourth-order valence-corrected chi connectivity index (χ4v) is 5.04. The fourth-order valence-electron chi connectivity index (χ4n) is 3.38. The maximum atomic E-state index is 11.9. The number of hydrogen-bond acceptors (Lipinski definition) is 10. The number of anilines is 2. The molecule has 206 valence electrons. The van der Waals surface area contributed by atoms with E-state index in [-0.39, 0.29) is 0 Å². The van der Waals surface area contributed by atoms with Gasteiger partial charge in [0.05, 0.1) is 39.5 Å². The molecule has 4 rings (SSSR count). The van der Waals surface area contributed by atoms with Gasteiger partial charge in [-0.3, -0.25) is 4.79 Å². The number of piperidine rings is 1. The Morgan fingerprint density at radius 2 is 1.97 bits per heavy atom. The highest BCUT2D eigenvalue weighted by Crippen LogP contribution is 2.32. The normalized spacial score (nSPS) is 14.4. The molecule has 1 aliphatic rings. The van der Waals surface area contributed by atoms with E-state index in [4.69, 9.17) is 5.11 Å². The van der Waals surface area contributed by atoms with Gasteiger partial charge in [0.1, 0.15) is 12.4 Å². The Kier molecular flexibility index (Phi) is 10.6. The van der Waals surface area contributed by atoms with Crippen LogP contribution in [0.5, 0.6) is 0 Å². The molecule has 0 aliphatic carbocycles. The standard InChI is InChI=1S/C14H14N4S2.C10H15F3N2O3/c1-8-4-5-12(15-6-8)18-14-17-11(7-19-14)13-9(2)16-10(3)20-13;11-10(12,13)5-9(17)6-18-14-8-1-3-15(7-16)4-2-8/h4-7H,1-3H3,(H,15,17,18);7,9,17H,1-6H2. The maximum absolute atomic E-state index is 11.9. The van der Waals surface area contributed by atoms with Crippen molar-refractivity contribution in [1.29, 1.82) is 0 Å². The van der Waals surface area contributed by atoms with E-state index in [0.29, 0.717) is 31.6 Å². The van der Waals surface area contributed by atoms with Crippen LogP contribution in [0.3, 0.4) is 0 Å². The first-order valence-corrected chi connectivity index (χ1v) is 13.4. The number of thiazole rings is 2. The summed E-state index contributed by atoms with van der Waals surface area (Å²) in [4.78, 5) is 31.2. The minimum atomic E-state index is -4.41. The second kappa shape index (κ2) is 13.6. The van der Waals surface area contributed by atoms with Crippen LogP contribution in [-0.2, 0) is 9.63 Å². The number of nitrogens with zero attached hydrogens (tertiary/aromatic N) is 5. The molecular formula is C24H29F3N6O3S2. The van der Waals surface area contributed by atoms with Crippen molar-refractivity contribution in [2.75, 3.05) is 25.0 Å². The summed E-state index contributed by atoms with van der Waals surface area (Å²) < 4.78 is 35.6. The van der Waals surface area contributed by atoms with E-state index in [1.165, 1.54) is 0 Å². The summed E-state index contributed by atoms with van der Waals surface area (Å²) in [5.41, 5.74) is 3.85. The van der Waals surface area contributed by atoms with Crippen LogP contribution in [0.2, 0.25) is 0 Å². The molecule has 0 radical (unpaired) electrons. The number of rotatable bonds is 8. The number of likely N-dealkylation sites (tertiary alicyclic amines) is 1. The van der Waals surface area contributed by atoms with E-state index < -0.39 is 25.3 Å². The fraction of sp³-hybridized carbons (Fsp3) is 0.458. The number of aliphatic hydroxyl groups is 1. The minimum absolute atomic E-state index is 0.486. The zero-order valence-corrected chi connectivity index (χ0v) is 22.8. The lowest BCUT2D eigenvalue weighted by Crippen LogP contribution is -2.32. The Hall–Kier alpha value is -3.10. The molecule has 1 unspecified atom stereocenters. The van der Waals surface area contributed by atoms with Crippen molar-refractivity contribution in [3.8, 4) is 10.6 Å². The Morgan fingerprint density at radius 3 is 2.55 bits per heavy atom. The first-order chi connectivity index (χ1) is 18.0. The number of nitrogens with one attached hydrogen (secondary N) is 1. The van der Waals surface area contributed by atoms with Gasteiger partial charge in [0.2, 0.25) is 6.41 Å². The molecule has 2 N–H and O–H groups in total. The van der Waals surface area contributed by atoms with Gasteiger partial charge >= 0.3 is 6.18 Å². The molecule has 9 nitrogen and oxygen atoms in total. The van der Waals surface area contributed by atoms with E-state index in [9.17, 15) is 18.0 Å². The molecule has 14 heteroatoms. The SMILES string of the molecule is Cc1ccc(Nc2nc(-c3sc(C)nc3C)cs2)nc1.O=CN1CCC(=NOCC(O)CC(F)(F)F)CC1. The molecule has 1 amide bonds. The summed E-state index contributed by atoms with van der Waals surface area (Å²) in [6, 6.07) is 3.99. The molecule has 0 bridgehead atoms. The van der Waals surface area contributed by atoms with Crippen LogP contribution in [-0.4, -0.2) is 69.1 Å². The quantitative estimate of drug-likeness (QED) is 0.281. The van der Waals surface area contributed by atoms with Gasteiger partial charge in [-0.05, 0) is 32.4 Å². The van der Waals surface area contributed by atoms with E-state index in [1.54, 1.807) is 27.6 Å². The summed E-state index contributed by atoms with van der Waals surface area (Å²) in [6.45, 7) is 6.62. The Labute approximate surface area is 226 Å². The molecule has 1 fully saturated rings. The molecule has 3 aromatic rings. The van der Waals surface area contributed by atoms with Crippen molar-refractivity contribution in [2.24, 2.45) is 5.16 Å². The molecule has 0 saturated carbocycles. The van der Waals surface area contributed by atoms with Crippen LogP contribution in [0.4, 0.5) is 24.1 Å². The largest absolute Gasteiger partial charge is 0.393 e. The second-order valence-electron chi connectivity index (χ2n) is 8.60. The number of halogens is 3. The molecule has 0 spiro atoms. The predicted molar refractivity (Wildman–Crippen MR) is 142 cm³/mol. The Bertz CT molecular complexity index is 1200. The summed E-state index contributed by atoms with van der Waals surface area (Å²) in [5, 5.41) is 19.9. The third-order valence-electron chi connectivity index (χ3n) is 5.24. The average Bonchev–Trinajstić information content (AvgIpc) is 3.45. The Morgan fingerprint density at radius 1 is 1.24 bits per heavy atom. The molecular weight excluding hydrogens is 541 g/mol. The number of carbonyl (C=O) groups excluding carboxylic acids is 1. The van der Waals surface area contributed by atoms with Gasteiger partial charge < -0.3 is 20.2 Å². The van der Waals surface area contributed by atoms with Gasteiger partial charge in [-0.25, -0.2) is 15.0 Å². The van der Waals surface area contributed by atoms with Gasteiger partial charge in [-0.1, -0.05) is 11.2 Å². The Balaban J connectivity index is 0.000000212. The highest BCUT2D eigenvalue weighted by molar-refractivity contribution is 7.16. The van der Waals surface area contributed by atoms with Crippen molar-refractivity contribution in [3.63, 3.8) is 0 Å². The van der Waals surface area contributed by atoms with Crippen LogP contribution in [0, 0.1) is 20.8 Å². The van der Waals surface area contributed by atoms with E-state index >= 15 is 0 Å². The molecule has 0 aromatic carbocycles. The molecule has 38 heavy (non-hydrogen) atoms. The van der Waals surface area contributed by atoms with Crippen molar-refractivity contribution in [3.05, 3.63) is 40.0 Å². The van der Waals surface area contributed by atoms with E-state index in [0.717, 1.165) is 44.2 Å². The maximum Gasteiger partial charge on any atom is 0.391 e. The minimum Gasteiger partial charge on any atom is -0.393 e. The lowest BCUT2D eigenvalue weighted by atomic mass is 10.1. The molecule has 1 atom stereocenters. The third-order valence-corrected chi connectivity index (χ3v) is 7.09. The number of amides is 1. The van der Waals surface area contributed by atoms with Gasteiger partial charge in [0.25, 0.3) is 0 Å². The number of alkyl halides is 3. The van der Waals surface area contributed by atoms with Crippen LogP contribution in [0.1, 0.15) is 35.5 Å². The highest BCUT2D eigenvalue weighted by Gasteiger charge is 2.31. The monoisotopic (exact) mass is 570 g/mol. The molecule has 4 heterocycles. The summed E-state index contributed by atoms with van der Waals surface area (Å²) in [7, 11) is 0. The van der Waals surface area contributed by atoms with Gasteiger partial charge in [-0.15, -0.1) is 22.7 Å². The summed E-state index contributed by atoms with van der Waals surface area (Å²) in [5.74, 6) is 0.814. The van der Waals surface area contributed by atoms with Crippen LogP contribution >= 0.6 is 22.7 Å². The number of aromatic nitrogens is 3. The van der Waals surface area contributed by atoms with Crippen molar-refractivity contribution >= 4 is 45.7 Å². The zero-order chi connectivity index (χ0) is 27.7. The molecule has 1 saturated heterocycles. The number of pyridine rings is 1. The first kappa shape index (κ1) is 29.5. The number of oxime groups is 1. The van der Waals surface area contributed by atoms with Crippen LogP contribution < -0.4 is 5.32 Å². The smallest absolute Gasteiger partial charge is 0.391 e. The van der Waals surface area contributed by atoms with Crippen LogP contribution in [0.25, 0.3) is 10.6 Å². The van der Waals surface area contributed by atoms with E-state index in [2.05, 4.69) is 35.6 Å². The number of carbonyl (C=O) groups is 1. The summed E-state index contributed by atoms with van der Waals surface area (Å²) >= 11 is 3.26. The number of aliphatic hydroxyl groups excluding tert-OH is 1. The van der Waals surface area contributed by atoms with Crippen LogP contribution in [0.15, 0.2) is 28.9 Å². The number of hydrogen-bond donors (Lipinski definition) is 2. The van der Waals surface area contributed by atoms with Crippen molar-refractivity contribution < 1.29 is 27.9 Å². The molecule has 1 aliphatic heterocycles. The van der Waals surface area contributed by atoms with Gasteiger partial charge in [0.15, 0.2) is 5.13 Å². The topological polar surface area (TPSA) is 113 Å². The predicted octanol–water partition coefficient (Wildman–Crippen LogP) is 5.25. The average molecular weight is 571 g/mol. The lowest BCUT2D eigenvalue weighted by molar-refractivity contribution is -0.159.